The Morgan fingerprint density at radius 1 is 0.943 bits per heavy atom. The van der Waals surface area contributed by atoms with E-state index in [2.05, 4.69) is 27.5 Å². The van der Waals surface area contributed by atoms with Crippen molar-refractivity contribution in [3.05, 3.63) is 59.7 Å². The maximum Gasteiger partial charge on any atom is 0.407 e. The van der Waals surface area contributed by atoms with Gasteiger partial charge in [-0.25, -0.2) is 9.59 Å². The number of esters is 1. The van der Waals surface area contributed by atoms with Gasteiger partial charge in [-0.05, 0) is 28.7 Å². The standard InChI is InChI=1S/C26H30N2O7/c1-3-8-16(13-23(29)28-22(25(31)32)14-24(30)34-2)27-26(33)35-15-21-19-11-6-4-9-17(19)18-10-5-7-12-20(18)21/h4-7,9-12,16,21-22H,3,8,13-15H2,1-2H3,(H,27,33)(H,28,29)(H,31,32)/t16-,22+/m0/s1. The summed E-state index contributed by atoms with van der Waals surface area (Å²) in [6.07, 6.45) is -0.112. The number of carboxylic acids is 1. The van der Waals surface area contributed by atoms with Crippen molar-refractivity contribution in [2.24, 2.45) is 0 Å². The number of hydrogen-bond donors (Lipinski definition) is 3. The van der Waals surface area contributed by atoms with E-state index in [0.717, 1.165) is 29.4 Å². The Bertz CT molecular complexity index is 1040. The molecule has 35 heavy (non-hydrogen) atoms. The van der Waals surface area contributed by atoms with Crippen LogP contribution in [0.25, 0.3) is 11.1 Å². The highest BCUT2D eigenvalue weighted by atomic mass is 16.5. The first kappa shape index (κ1) is 25.7. The van der Waals surface area contributed by atoms with Gasteiger partial charge in [0.2, 0.25) is 5.91 Å². The molecule has 3 rings (SSSR count). The van der Waals surface area contributed by atoms with Gasteiger partial charge in [0.1, 0.15) is 12.6 Å². The third-order valence-corrected chi connectivity index (χ3v) is 5.97. The lowest BCUT2D eigenvalue weighted by Crippen LogP contribution is -2.45. The molecule has 9 heteroatoms. The van der Waals surface area contributed by atoms with Crippen LogP contribution in [0, 0.1) is 0 Å². The number of methoxy groups -OCH3 is 1. The number of fused-ring (bicyclic) bond motifs is 3. The van der Waals surface area contributed by atoms with Gasteiger partial charge in [0.05, 0.1) is 13.5 Å². The summed E-state index contributed by atoms with van der Waals surface area (Å²) in [5, 5.41) is 14.3. The maximum absolute atomic E-state index is 12.6. The summed E-state index contributed by atoms with van der Waals surface area (Å²) in [5.74, 6) is -2.78. The van der Waals surface area contributed by atoms with Crippen LogP contribution in [0.15, 0.2) is 48.5 Å². The molecular weight excluding hydrogens is 452 g/mol. The average Bonchev–Trinajstić information content (AvgIpc) is 3.16. The van der Waals surface area contributed by atoms with E-state index in [9.17, 15) is 24.3 Å². The molecule has 0 bridgehead atoms. The van der Waals surface area contributed by atoms with Crippen LogP contribution in [0.5, 0.6) is 0 Å². The fraction of sp³-hybridized carbons (Fsp3) is 0.385. The summed E-state index contributed by atoms with van der Waals surface area (Å²) >= 11 is 0. The summed E-state index contributed by atoms with van der Waals surface area (Å²) < 4.78 is 10.0. The zero-order valence-corrected chi connectivity index (χ0v) is 19.8. The van der Waals surface area contributed by atoms with E-state index in [-0.39, 0.29) is 18.9 Å². The molecule has 0 saturated carbocycles. The number of hydrogen-bond acceptors (Lipinski definition) is 6. The topological polar surface area (TPSA) is 131 Å². The molecule has 186 valence electrons. The lowest BCUT2D eigenvalue weighted by Gasteiger charge is -2.20. The molecule has 2 aromatic rings. The summed E-state index contributed by atoms with van der Waals surface area (Å²) in [5.41, 5.74) is 4.43. The van der Waals surface area contributed by atoms with Gasteiger partial charge in [0, 0.05) is 18.4 Å². The number of alkyl carbamates (subject to hydrolysis) is 1. The van der Waals surface area contributed by atoms with Crippen LogP contribution in [-0.2, 0) is 23.9 Å². The van der Waals surface area contributed by atoms with Crippen molar-refractivity contribution in [1.82, 2.24) is 10.6 Å². The van der Waals surface area contributed by atoms with Gasteiger partial charge in [-0.3, -0.25) is 9.59 Å². The summed E-state index contributed by atoms with van der Waals surface area (Å²) in [6.45, 7) is 2.05. The van der Waals surface area contributed by atoms with Crippen molar-refractivity contribution in [3.63, 3.8) is 0 Å². The van der Waals surface area contributed by atoms with E-state index < -0.39 is 42.4 Å². The van der Waals surface area contributed by atoms with E-state index >= 15 is 0 Å². The smallest absolute Gasteiger partial charge is 0.407 e. The Balaban J connectivity index is 1.58. The van der Waals surface area contributed by atoms with Gasteiger partial charge < -0.3 is 25.2 Å². The Morgan fingerprint density at radius 2 is 1.54 bits per heavy atom. The molecule has 1 aliphatic rings. The first-order valence-corrected chi connectivity index (χ1v) is 11.5. The minimum Gasteiger partial charge on any atom is -0.480 e. The maximum atomic E-state index is 12.6. The minimum absolute atomic E-state index is 0.0873. The molecule has 0 fully saturated rings. The lowest BCUT2D eigenvalue weighted by molar-refractivity contribution is -0.148. The van der Waals surface area contributed by atoms with Gasteiger partial charge in [-0.1, -0.05) is 61.9 Å². The highest BCUT2D eigenvalue weighted by Gasteiger charge is 2.30. The van der Waals surface area contributed by atoms with E-state index in [0.29, 0.717) is 12.8 Å². The van der Waals surface area contributed by atoms with Crippen molar-refractivity contribution in [2.75, 3.05) is 13.7 Å². The predicted molar refractivity (Wildman–Crippen MR) is 128 cm³/mol. The Labute approximate surface area is 203 Å². The van der Waals surface area contributed by atoms with E-state index in [1.54, 1.807) is 0 Å². The molecule has 0 aromatic heterocycles. The zero-order chi connectivity index (χ0) is 25.4. The number of rotatable bonds is 11. The first-order valence-electron chi connectivity index (χ1n) is 11.5. The lowest BCUT2D eigenvalue weighted by atomic mass is 9.98. The van der Waals surface area contributed by atoms with Gasteiger partial charge >= 0.3 is 18.0 Å². The molecule has 3 N–H and O–H groups in total. The van der Waals surface area contributed by atoms with Gasteiger partial charge in [0.25, 0.3) is 0 Å². The molecule has 0 heterocycles. The van der Waals surface area contributed by atoms with Crippen LogP contribution in [0.1, 0.15) is 49.7 Å². The van der Waals surface area contributed by atoms with Crippen LogP contribution in [0.4, 0.5) is 4.79 Å². The van der Waals surface area contributed by atoms with Crippen molar-refractivity contribution >= 4 is 23.9 Å². The number of benzene rings is 2. The van der Waals surface area contributed by atoms with Crippen LogP contribution < -0.4 is 10.6 Å². The van der Waals surface area contributed by atoms with E-state index in [4.69, 9.17) is 4.74 Å². The van der Waals surface area contributed by atoms with E-state index in [1.807, 2.05) is 43.3 Å². The fourth-order valence-electron chi connectivity index (χ4n) is 4.31. The molecule has 2 aromatic carbocycles. The van der Waals surface area contributed by atoms with Crippen LogP contribution in [-0.4, -0.2) is 54.8 Å². The molecule has 9 nitrogen and oxygen atoms in total. The predicted octanol–water partition coefficient (Wildman–Crippen LogP) is 3.22. The van der Waals surface area contributed by atoms with Gasteiger partial charge in [-0.2, -0.15) is 0 Å². The van der Waals surface area contributed by atoms with Crippen molar-refractivity contribution in [2.45, 2.75) is 50.6 Å². The summed E-state index contributed by atoms with van der Waals surface area (Å²) in [7, 11) is 1.14. The number of nitrogens with one attached hydrogen (secondary N) is 2. The van der Waals surface area contributed by atoms with Gasteiger partial charge in [-0.15, -0.1) is 0 Å². The number of amides is 2. The Hall–Kier alpha value is -3.88. The zero-order valence-electron chi connectivity index (χ0n) is 19.8. The third kappa shape index (κ3) is 6.59. The van der Waals surface area contributed by atoms with Crippen LogP contribution in [0.2, 0.25) is 0 Å². The second-order valence-corrected chi connectivity index (χ2v) is 8.40. The van der Waals surface area contributed by atoms with Crippen LogP contribution >= 0.6 is 0 Å². The summed E-state index contributed by atoms with van der Waals surface area (Å²) in [6, 6.07) is 14.1. The fourth-order valence-corrected chi connectivity index (χ4v) is 4.31. The monoisotopic (exact) mass is 482 g/mol. The molecule has 0 unspecified atom stereocenters. The molecule has 0 spiro atoms. The Kier molecular flexibility index (Phi) is 8.83. The molecular formula is C26H30N2O7. The quantitative estimate of drug-likeness (QED) is 0.419. The normalized spacial score (nSPS) is 13.7. The molecule has 0 saturated heterocycles. The summed E-state index contributed by atoms with van der Waals surface area (Å²) in [4.78, 5) is 47.8. The number of aliphatic carboxylic acids is 1. The third-order valence-electron chi connectivity index (χ3n) is 5.97. The second kappa shape index (κ2) is 12.0. The molecule has 0 radical (unpaired) electrons. The largest absolute Gasteiger partial charge is 0.480 e. The number of ether oxygens (including phenoxy) is 2. The van der Waals surface area contributed by atoms with Gasteiger partial charge in [0.15, 0.2) is 0 Å². The SMILES string of the molecule is CCC[C@@H](CC(=O)N[C@H](CC(=O)OC)C(=O)O)NC(=O)OCC1c2ccccc2-c2ccccc21. The van der Waals surface area contributed by atoms with E-state index in [1.165, 1.54) is 0 Å². The molecule has 2 amide bonds. The van der Waals surface area contributed by atoms with Crippen molar-refractivity contribution < 1.29 is 33.8 Å². The first-order chi connectivity index (χ1) is 16.8. The number of carboxylic acid groups (broad SMARTS) is 1. The van der Waals surface area contributed by atoms with Crippen LogP contribution in [0.3, 0.4) is 0 Å². The highest BCUT2D eigenvalue weighted by molar-refractivity contribution is 5.87. The second-order valence-electron chi connectivity index (χ2n) is 8.40. The average molecular weight is 483 g/mol. The minimum atomic E-state index is -1.41. The van der Waals surface area contributed by atoms with Crippen molar-refractivity contribution in [1.29, 1.82) is 0 Å². The van der Waals surface area contributed by atoms with Crippen molar-refractivity contribution in [3.8, 4) is 11.1 Å². The molecule has 1 aliphatic carbocycles. The highest BCUT2D eigenvalue weighted by Crippen LogP contribution is 2.44. The molecule has 0 aliphatic heterocycles. The number of carbonyl (C=O) groups is 4. The molecule has 2 atom stereocenters. The Morgan fingerprint density at radius 3 is 2.09 bits per heavy atom. The number of carbonyl (C=O) groups excluding carboxylic acids is 3.